The first-order chi connectivity index (χ1) is 14.4. The molecule has 0 fully saturated rings. The van der Waals surface area contributed by atoms with E-state index in [1.165, 1.54) is 0 Å². The van der Waals surface area contributed by atoms with Gasteiger partial charge in [0.25, 0.3) is 0 Å². The predicted octanol–water partition coefficient (Wildman–Crippen LogP) is 2.50. The van der Waals surface area contributed by atoms with Crippen LogP contribution in [0.25, 0.3) is 0 Å². The average molecular weight is 470 g/mol. The van der Waals surface area contributed by atoms with Crippen molar-refractivity contribution >= 4 is 24.1 Å². The molecule has 0 aromatic carbocycles. The fourth-order valence-electron chi connectivity index (χ4n) is 2.80. The van der Waals surface area contributed by atoms with Gasteiger partial charge in [0, 0.05) is 45.6 Å². The SMILES string of the molecule is CCO[SiH](OCC)C(C)CCCN.CCO[Si](CCCNC(N)=O)(OCC)OCC. The Bertz CT molecular complexity index is 374. The molecule has 0 aromatic rings. The number of amides is 2. The summed E-state index contributed by atoms with van der Waals surface area (Å²) in [4.78, 5) is 10.5. The second kappa shape index (κ2) is 21.7. The lowest BCUT2D eigenvalue weighted by Gasteiger charge is -2.28. The molecule has 1 atom stereocenters. The van der Waals surface area contributed by atoms with Gasteiger partial charge in [0.15, 0.2) is 0 Å². The molecule has 0 rings (SSSR count). The molecule has 11 heteroatoms. The third-order valence-corrected chi connectivity index (χ3v) is 9.78. The Balaban J connectivity index is 0. The normalized spacial score (nSPS) is 12.4. The van der Waals surface area contributed by atoms with Gasteiger partial charge < -0.3 is 38.9 Å². The molecule has 0 spiro atoms. The van der Waals surface area contributed by atoms with Gasteiger partial charge in [-0.2, -0.15) is 0 Å². The summed E-state index contributed by atoms with van der Waals surface area (Å²) in [5, 5.41) is 2.54. The number of carbonyl (C=O) groups excluding carboxylic acids is 1. The summed E-state index contributed by atoms with van der Waals surface area (Å²) in [5.74, 6) is 0. The molecule has 9 nitrogen and oxygen atoms in total. The van der Waals surface area contributed by atoms with E-state index in [2.05, 4.69) is 12.2 Å². The average Bonchev–Trinajstić information content (AvgIpc) is 2.70. The van der Waals surface area contributed by atoms with Crippen molar-refractivity contribution in [1.82, 2.24) is 5.32 Å². The van der Waals surface area contributed by atoms with Gasteiger partial charge in [-0.05, 0) is 66.0 Å². The Labute approximate surface area is 186 Å². The smallest absolute Gasteiger partial charge is 0.397 e. The van der Waals surface area contributed by atoms with Gasteiger partial charge in [-0.25, -0.2) is 4.79 Å². The van der Waals surface area contributed by atoms with Gasteiger partial charge in [-0.15, -0.1) is 0 Å². The number of primary amides is 1. The van der Waals surface area contributed by atoms with Crippen molar-refractivity contribution in [3.8, 4) is 0 Å². The van der Waals surface area contributed by atoms with E-state index in [0.29, 0.717) is 38.0 Å². The first-order valence-electron chi connectivity index (χ1n) is 11.2. The first-order valence-corrected chi connectivity index (χ1v) is 14.8. The number of nitrogens with one attached hydrogen (secondary N) is 1. The van der Waals surface area contributed by atoms with Crippen LogP contribution in [0.15, 0.2) is 0 Å². The molecule has 0 aromatic heterocycles. The Morgan fingerprint density at radius 1 is 0.933 bits per heavy atom. The minimum absolute atomic E-state index is 0.511. The molecule has 0 bridgehead atoms. The van der Waals surface area contributed by atoms with Crippen molar-refractivity contribution in [3.05, 3.63) is 0 Å². The molecule has 0 saturated carbocycles. The van der Waals surface area contributed by atoms with Crippen LogP contribution in [0.3, 0.4) is 0 Å². The van der Waals surface area contributed by atoms with Gasteiger partial charge in [-0.1, -0.05) is 6.92 Å². The maximum Gasteiger partial charge on any atom is 0.500 e. The predicted molar refractivity (Wildman–Crippen MR) is 126 cm³/mol. The van der Waals surface area contributed by atoms with Crippen molar-refractivity contribution in [2.75, 3.05) is 46.1 Å². The summed E-state index contributed by atoms with van der Waals surface area (Å²) >= 11 is 0. The van der Waals surface area contributed by atoms with E-state index in [0.717, 1.165) is 39.0 Å². The molecular formula is C19H47N3O6Si2. The maximum atomic E-state index is 10.5. The molecule has 30 heavy (non-hydrogen) atoms. The molecule has 5 N–H and O–H groups in total. The van der Waals surface area contributed by atoms with E-state index in [9.17, 15) is 4.79 Å². The largest absolute Gasteiger partial charge is 0.500 e. The highest BCUT2D eigenvalue weighted by Gasteiger charge is 2.39. The highest BCUT2D eigenvalue weighted by atomic mass is 28.4. The number of carbonyl (C=O) groups is 1. The lowest BCUT2D eigenvalue weighted by atomic mass is 10.2. The summed E-state index contributed by atoms with van der Waals surface area (Å²) in [6, 6.07) is 0.171. The summed E-state index contributed by atoms with van der Waals surface area (Å²) in [5.41, 5.74) is 11.0. The summed E-state index contributed by atoms with van der Waals surface area (Å²) in [6.07, 6.45) is 2.94. The van der Waals surface area contributed by atoms with Gasteiger partial charge in [0.2, 0.25) is 0 Å². The topological polar surface area (TPSA) is 127 Å². The lowest BCUT2D eigenvalue weighted by molar-refractivity contribution is 0.0708. The zero-order chi connectivity index (χ0) is 23.3. The van der Waals surface area contributed by atoms with Gasteiger partial charge in [0.05, 0.1) is 0 Å². The van der Waals surface area contributed by atoms with E-state index in [1.807, 2.05) is 34.6 Å². The Hall–Kier alpha value is -0.536. The van der Waals surface area contributed by atoms with Crippen LogP contribution >= 0.6 is 0 Å². The quantitative estimate of drug-likeness (QED) is 0.208. The van der Waals surface area contributed by atoms with Crippen molar-refractivity contribution in [2.24, 2.45) is 11.5 Å². The summed E-state index contributed by atoms with van der Waals surface area (Å²) < 4.78 is 28.2. The molecule has 0 saturated heterocycles. The van der Waals surface area contributed by atoms with E-state index in [-0.39, 0.29) is 0 Å². The van der Waals surface area contributed by atoms with Gasteiger partial charge in [-0.3, -0.25) is 0 Å². The molecule has 0 radical (unpaired) electrons. The third kappa shape index (κ3) is 17.2. The van der Waals surface area contributed by atoms with Crippen LogP contribution in [0.4, 0.5) is 4.79 Å². The molecule has 0 aliphatic carbocycles. The minimum Gasteiger partial charge on any atom is -0.397 e. The van der Waals surface area contributed by atoms with Crippen LogP contribution in [0.2, 0.25) is 11.6 Å². The maximum absolute atomic E-state index is 10.5. The fourth-order valence-corrected chi connectivity index (χ4v) is 7.33. The van der Waals surface area contributed by atoms with Crippen LogP contribution in [0, 0.1) is 0 Å². The van der Waals surface area contributed by atoms with E-state index in [4.69, 9.17) is 33.6 Å². The highest BCUT2D eigenvalue weighted by Crippen LogP contribution is 2.18. The molecular weight excluding hydrogens is 422 g/mol. The Kier molecular flexibility index (Phi) is 22.9. The molecule has 182 valence electrons. The zero-order valence-corrected chi connectivity index (χ0v) is 22.2. The number of hydrogen-bond acceptors (Lipinski definition) is 7. The molecule has 0 aliphatic rings. The Morgan fingerprint density at radius 3 is 1.80 bits per heavy atom. The molecule has 0 heterocycles. The van der Waals surface area contributed by atoms with Crippen molar-refractivity contribution in [1.29, 1.82) is 0 Å². The number of nitrogens with two attached hydrogens (primary N) is 2. The second-order valence-corrected chi connectivity index (χ2v) is 11.8. The van der Waals surface area contributed by atoms with E-state index < -0.39 is 24.1 Å². The highest BCUT2D eigenvalue weighted by molar-refractivity contribution is 6.60. The van der Waals surface area contributed by atoms with Crippen LogP contribution in [-0.2, 0) is 22.1 Å². The summed E-state index contributed by atoms with van der Waals surface area (Å²) in [6.45, 7) is 16.5. The monoisotopic (exact) mass is 469 g/mol. The molecule has 0 aliphatic heterocycles. The third-order valence-electron chi connectivity index (χ3n) is 4.04. The first kappa shape index (κ1) is 31.6. The number of urea groups is 1. The van der Waals surface area contributed by atoms with Crippen molar-refractivity contribution < 1.29 is 26.9 Å². The van der Waals surface area contributed by atoms with Crippen LogP contribution in [-0.4, -0.2) is 70.2 Å². The van der Waals surface area contributed by atoms with Crippen LogP contribution in [0.5, 0.6) is 0 Å². The number of hydrogen-bond donors (Lipinski definition) is 3. The lowest BCUT2D eigenvalue weighted by Crippen LogP contribution is -2.46. The standard InChI is InChI=1S/C10H24N2O4Si.C9H23NO2Si/c1-4-14-17(15-5-2,16-6-3)9-7-8-12-10(11)13;1-4-11-13(12-5-2)9(3)7-6-8-10/h4-9H2,1-3H3,(H3,11,12,13);9,13H,4-8,10H2,1-3H3. The van der Waals surface area contributed by atoms with Crippen LogP contribution < -0.4 is 16.8 Å². The van der Waals surface area contributed by atoms with Gasteiger partial charge in [0.1, 0.15) is 0 Å². The molecule has 2 amide bonds. The fraction of sp³-hybridized carbons (Fsp3) is 0.947. The number of rotatable bonds is 18. The minimum atomic E-state index is -2.56. The molecule has 1 unspecified atom stereocenters. The van der Waals surface area contributed by atoms with Gasteiger partial charge >= 0.3 is 24.1 Å². The van der Waals surface area contributed by atoms with Crippen LogP contribution in [0.1, 0.15) is 60.8 Å². The van der Waals surface area contributed by atoms with E-state index >= 15 is 0 Å². The van der Waals surface area contributed by atoms with Crippen molar-refractivity contribution in [2.45, 2.75) is 72.4 Å². The summed E-state index contributed by atoms with van der Waals surface area (Å²) in [7, 11) is -3.97. The van der Waals surface area contributed by atoms with E-state index in [1.54, 1.807) is 0 Å². The zero-order valence-electron chi connectivity index (χ0n) is 20.0. The van der Waals surface area contributed by atoms with Crippen molar-refractivity contribution in [3.63, 3.8) is 0 Å². The second-order valence-electron chi connectivity index (χ2n) is 6.56. The Morgan fingerprint density at radius 2 is 1.43 bits per heavy atom.